The second-order valence-corrected chi connectivity index (χ2v) is 8.30. The van der Waals surface area contributed by atoms with Gasteiger partial charge < -0.3 is 10.6 Å². The van der Waals surface area contributed by atoms with Gasteiger partial charge in [0.1, 0.15) is 0 Å². The van der Waals surface area contributed by atoms with Crippen molar-refractivity contribution in [2.45, 2.75) is 38.5 Å². The van der Waals surface area contributed by atoms with Crippen LogP contribution in [0.5, 0.6) is 0 Å². The summed E-state index contributed by atoms with van der Waals surface area (Å²) in [5, 5.41) is 5.93. The Kier molecular flexibility index (Phi) is 10.3. The Morgan fingerprint density at radius 1 is 0.607 bits per heavy atom. The third-order valence-corrected chi connectivity index (χ3v) is 5.79. The molecule has 2 rings (SSSR count). The second kappa shape index (κ2) is 12.7. The Bertz CT molecular complexity index is 715. The van der Waals surface area contributed by atoms with Gasteiger partial charge in [-0.15, -0.1) is 0 Å². The molecule has 2 amide bonds. The van der Waals surface area contributed by atoms with Crippen LogP contribution in [0, 0.1) is 0 Å². The number of rotatable bonds is 11. The molecule has 0 heterocycles. The van der Waals surface area contributed by atoms with E-state index in [2.05, 4.69) is 42.5 Å². The molecule has 0 spiro atoms. The van der Waals surface area contributed by atoms with Crippen LogP contribution in [0.15, 0.2) is 57.5 Å². The Balaban J connectivity index is 1.47. The zero-order chi connectivity index (χ0) is 20.2. The molecule has 0 radical (unpaired) electrons. The summed E-state index contributed by atoms with van der Waals surface area (Å²) in [6.07, 6.45) is 6.44. The Hall–Kier alpha value is -1.66. The first-order chi connectivity index (χ1) is 13.6. The number of hydrogen-bond donors (Lipinski definition) is 2. The van der Waals surface area contributed by atoms with Gasteiger partial charge in [-0.1, -0.05) is 49.9 Å². The molecule has 0 unspecified atom stereocenters. The van der Waals surface area contributed by atoms with Gasteiger partial charge in [0, 0.05) is 22.0 Å². The van der Waals surface area contributed by atoms with Crippen molar-refractivity contribution in [3.8, 4) is 0 Å². The molecule has 0 saturated heterocycles. The molecule has 0 aliphatic heterocycles. The summed E-state index contributed by atoms with van der Waals surface area (Å²) >= 11 is 6.79. The normalized spacial score (nSPS) is 10.5. The maximum absolute atomic E-state index is 12.1. The third-order valence-electron chi connectivity index (χ3n) is 4.41. The minimum absolute atomic E-state index is 0.0340. The van der Waals surface area contributed by atoms with Gasteiger partial charge in [-0.05, 0) is 69.0 Å². The Morgan fingerprint density at radius 2 is 0.964 bits per heavy atom. The fraction of sp³-hybridized carbons (Fsp3) is 0.364. The summed E-state index contributed by atoms with van der Waals surface area (Å²) in [7, 11) is 0. The summed E-state index contributed by atoms with van der Waals surface area (Å²) < 4.78 is 1.64. The number of benzene rings is 2. The van der Waals surface area contributed by atoms with Crippen molar-refractivity contribution in [2.24, 2.45) is 0 Å². The van der Waals surface area contributed by atoms with Gasteiger partial charge in [0.15, 0.2) is 0 Å². The van der Waals surface area contributed by atoms with E-state index in [4.69, 9.17) is 0 Å². The van der Waals surface area contributed by atoms with E-state index < -0.39 is 0 Å². The highest BCUT2D eigenvalue weighted by Gasteiger charge is 2.08. The molecule has 2 N–H and O–H groups in total. The molecule has 0 saturated carbocycles. The van der Waals surface area contributed by atoms with E-state index in [1.807, 2.05) is 48.5 Å². The summed E-state index contributed by atoms with van der Waals surface area (Å²) in [5.74, 6) is -0.0680. The molecule has 0 bridgehead atoms. The highest BCUT2D eigenvalue weighted by atomic mass is 79.9. The van der Waals surface area contributed by atoms with Crippen LogP contribution in [0.4, 0.5) is 0 Å². The molecule has 2 aromatic carbocycles. The lowest BCUT2D eigenvalue weighted by Gasteiger charge is -2.08. The van der Waals surface area contributed by atoms with E-state index in [0.29, 0.717) is 24.2 Å². The zero-order valence-electron chi connectivity index (χ0n) is 15.8. The van der Waals surface area contributed by atoms with Crippen LogP contribution in [-0.2, 0) is 0 Å². The Morgan fingerprint density at radius 3 is 1.36 bits per heavy atom. The topological polar surface area (TPSA) is 58.2 Å². The van der Waals surface area contributed by atoms with Crippen LogP contribution in [0.1, 0.15) is 59.2 Å². The van der Waals surface area contributed by atoms with Crippen LogP contribution >= 0.6 is 31.9 Å². The van der Waals surface area contributed by atoms with E-state index in [-0.39, 0.29) is 11.8 Å². The maximum atomic E-state index is 12.1. The van der Waals surface area contributed by atoms with Gasteiger partial charge in [-0.25, -0.2) is 0 Å². The largest absolute Gasteiger partial charge is 0.352 e. The van der Waals surface area contributed by atoms with Gasteiger partial charge in [0.25, 0.3) is 11.8 Å². The molecule has 0 fully saturated rings. The SMILES string of the molecule is O=C(NCCCCCCCCNC(=O)c1ccccc1Br)c1ccccc1Br. The molecular formula is C22H26Br2N2O2. The average molecular weight is 510 g/mol. The molecule has 0 aliphatic carbocycles. The van der Waals surface area contributed by atoms with Crippen LogP contribution in [0.2, 0.25) is 0 Å². The lowest BCUT2D eigenvalue weighted by molar-refractivity contribution is 0.0943. The molecule has 0 aromatic heterocycles. The van der Waals surface area contributed by atoms with Gasteiger partial charge in [-0.3, -0.25) is 9.59 Å². The summed E-state index contributed by atoms with van der Waals surface area (Å²) in [5.41, 5.74) is 1.35. The molecule has 150 valence electrons. The van der Waals surface area contributed by atoms with Gasteiger partial charge >= 0.3 is 0 Å². The summed E-state index contributed by atoms with van der Waals surface area (Å²) in [6, 6.07) is 14.9. The first-order valence-corrected chi connectivity index (χ1v) is 11.2. The first-order valence-electron chi connectivity index (χ1n) is 9.65. The lowest BCUT2D eigenvalue weighted by atomic mass is 10.1. The fourth-order valence-corrected chi connectivity index (χ4v) is 3.77. The van der Waals surface area contributed by atoms with Crippen LogP contribution in [0.25, 0.3) is 0 Å². The molecule has 28 heavy (non-hydrogen) atoms. The minimum atomic E-state index is -0.0340. The number of carbonyl (C=O) groups is 2. The van der Waals surface area contributed by atoms with Crippen molar-refractivity contribution < 1.29 is 9.59 Å². The molecule has 0 atom stereocenters. The zero-order valence-corrected chi connectivity index (χ0v) is 19.0. The molecule has 0 aliphatic rings. The van der Waals surface area contributed by atoms with E-state index in [1.54, 1.807) is 0 Å². The summed E-state index contributed by atoms with van der Waals surface area (Å²) in [4.78, 5) is 24.1. The van der Waals surface area contributed by atoms with Crippen LogP contribution in [0.3, 0.4) is 0 Å². The lowest BCUT2D eigenvalue weighted by Crippen LogP contribution is -2.24. The predicted molar refractivity (Wildman–Crippen MR) is 121 cm³/mol. The number of amides is 2. The second-order valence-electron chi connectivity index (χ2n) is 6.59. The van der Waals surface area contributed by atoms with Crippen LogP contribution in [-0.4, -0.2) is 24.9 Å². The third kappa shape index (κ3) is 7.76. The van der Waals surface area contributed by atoms with E-state index in [1.165, 1.54) is 0 Å². The van der Waals surface area contributed by atoms with Crippen molar-refractivity contribution in [1.29, 1.82) is 0 Å². The van der Waals surface area contributed by atoms with E-state index in [9.17, 15) is 9.59 Å². The fourth-order valence-electron chi connectivity index (χ4n) is 2.84. The maximum Gasteiger partial charge on any atom is 0.252 e. The van der Waals surface area contributed by atoms with Crippen LogP contribution < -0.4 is 10.6 Å². The van der Waals surface area contributed by atoms with E-state index >= 15 is 0 Å². The first kappa shape index (κ1) is 22.6. The van der Waals surface area contributed by atoms with Crippen molar-refractivity contribution in [1.82, 2.24) is 10.6 Å². The molecule has 2 aromatic rings. The smallest absolute Gasteiger partial charge is 0.252 e. The average Bonchev–Trinajstić information content (AvgIpc) is 2.69. The minimum Gasteiger partial charge on any atom is -0.352 e. The van der Waals surface area contributed by atoms with Crippen molar-refractivity contribution in [3.05, 3.63) is 68.6 Å². The van der Waals surface area contributed by atoms with E-state index in [0.717, 1.165) is 47.5 Å². The number of nitrogens with one attached hydrogen (secondary N) is 2. The van der Waals surface area contributed by atoms with Gasteiger partial charge in [0.05, 0.1) is 11.1 Å². The number of carbonyl (C=O) groups excluding carboxylic acids is 2. The number of halogens is 2. The van der Waals surface area contributed by atoms with Crippen molar-refractivity contribution in [2.75, 3.05) is 13.1 Å². The van der Waals surface area contributed by atoms with Crippen molar-refractivity contribution in [3.63, 3.8) is 0 Å². The molecule has 6 heteroatoms. The van der Waals surface area contributed by atoms with Crippen molar-refractivity contribution >= 4 is 43.7 Å². The van der Waals surface area contributed by atoms with Gasteiger partial charge in [0.2, 0.25) is 0 Å². The Labute approximate surface area is 183 Å². The quantitative estimate of drug-likeness (QED) is 0.381. The highest BCUT2D eigenvalue weighted by molar-refractivity contribution is 9.10. The van der Waals surface area contributed by atoms with Gasteiger partial charge in [-0.2, -0.15) is 0 Å². The predicted octanol–water partition coefficient (Wildman–Crippen LogP) is 5.71. The summed E-state index contributed by atoms with van der Waals surface area (Å²) in [6.45, 7) is 1.39. The monoisotopic (exact) mass is 508 g/mol. The molecular weight excluding hydrogens is 484 g/mol. The highest BCUT2D eigenvalue weighted by Crippen LogP contribution is 2.16. The number of hydrogen-bond acceptors (Lipinski definition) is 2. The number of unbranched alkanes of at least 4 members (excludes halogenated alkanes) is 5. The standard InChI is InChI=1S/C22H26Br2N2O2/c23-19-13-7-5-11-17(19)21(27)25-15-9-3-1-2-4-10-16-26-22(28)18-12-6-8-14-20(18)24/h5-8,11-14H,1-4,9-10,15-16H2,(H,25,27)(H,26,28). The molecule has 4 nitrogen and oxygen atoms in total.